The first-order valence-corrected chi connectivity index (χ1v) is 9.71. The minimum absolute atomic E-state index is 0.0417. The number of aromatic nitrogens is 2. The van der Waals surface area contributed by atoms with Gasteiger partial charge in [0.25, 0.3) is 5.56 Å². The fraction of sp³-hybridized carbons (Fsp3) is 0.318. The van der Waals surface area contributed by atoms with E-state index in [0.717, 1.165) is 25.2 Å². The Hall–Kier alpha value is -2.99. The van der Waals surface area contributed by atoms with Crippen LogP contribution in [0.5, 0.6) is 0 Å². The van der Waals surface area contributed by atoms with Crippen molar-refractivity contribution in [2.24, 2.45) is 0 Å². The highest BCUT2D eigenvalue weighted by atomic mass is 16.2. The Labute approximate surface area is 163 Å². The van der Waals surface area contributed by atoms with Crippen LogP contribution in [0.4, 0.5) is 0 Å². The van der Waals surface area contributed by atoms with Crippen molar-refractivity contribution in [2.45, 2.75) is 25.4 Å². The molecule has 1 aromatic heterocycles. The van der Waals surface area contributed by atoms with Crippen molar-refractivity contribution in [1.29, 1.82) is 0 Å². The number of carbonyl (C=O) groups is 1. The molecular weight excluding hydrogens is 352 g/mol. The average molecular weight is 376 g/mol. The van der Waals surface area contributed by atoms with Crippen molar-refractivity contribution in [3.63, 3.8) is 0 Å². The molecule has 2 heterocycles. The molecule has 28 heavy (non-hydrogen) atoms. The van der Waals surface area contributed by atoms with Gasteiger partial charge in [-0.1, -0.05) is 42.5 Å². The number of rotatable bonds is 6. The highest BCUT2D eigenvalue weighted by Crippen LogP contribution is 2.17. The second-order valence-electron chi connectivity index (χ2n) is 7.23. The third kappa shape index (κ3) is 4.12. The van der Waals surface area contributed by atoms with Crippen molar-refractivity contribution in [1.82, 2.24) is 19.8 Å². The number of hydrogen-bond acceptors (Lipinski definition) is 4. The van der Waals surface area contributed by atoms with E-state index in [1.54, 1.807) is 18.2 Å². The van der Waals surface area contributed by atoms with Gasteiger partial charge in [0.1, 0.15) is 6.54 Å². The first kappa shape index (κ1) is 18.4. The standard InChI is InChI=1S/C22H24N4O2/c27-21(15-26-16-23-19-11-5-4-10-18(19)22(26)28)24-20(14-25-12-6-7-13-25)17-8-2-1-3-9-17/h1-5,8-11,16,20H,6-7,12-15H2,(H,24,27). The van der Waals surface area contributed by atoms with Gasteiger partial charge < -0.3 is 10.2 Å². The zero-order valence-corrected chi connectivity index (χ0v) is 15.8. The summed E-state index contributed by atoms with van der Waals surface area (Å²) in [6.07, 6.45) is 3.85. The lowest BCUT2D eigenvalue weighted by Gasteiger charge is -2.25. The normalized spacial score (nSPS) is 15.6. The number of nitrogens with zero attached hydrogens (tertiary/aromatic N) is 3. The van der Waals surface area contributed by atoms with Gasteiger partial charge >= 0.3 is 0 Å². The summed E-state index contributed by atoms with van der Waals surface area (Å²) < 4.78 is 1.37. The van der Waals surface area contributed by atoms with Crippen LogP contribution in [0.2, 0.25) is 0 Å². The van der Waals surface area contributed by atoms with Gasteiger partial charge in [-0.25, -0.2) is 4.98 Å². The third-order valence-corrected chi connectivity index (χ3v) is 5.22. The van der Waals surface area contributed by atoms with Crippen LogP contribution in [-0.4, -0.2) is 40.0 Å². The number of likely N-dealkylation sites (tertiary alicyclic amines) is 1. The van der Waals surface area contributed by atoms with Crippen LogP contribution in [0.3, 0.4) is 0 Å². The molecule has 1 aliphatic rings. The van der Waals surface area contributed by atoms with E-state index in [9.17, 15) is 9.59 Å². The topological polar surface area (TPSA) is 67.2 Å². The molecule has 4 rings (SSSR count). The molecule has 1 amide bonds. The molecular formula is C22H24N4O2. The molecule has 1 atom stereocenters. The predicted molar refractivity (Wildman–Crippen MR) is 109 cm³/mol. The minimum atomic E-state index is -0.198. The Bertz CT molecular complexity index is 1010. The van der Waals surface area contributed by atoms with Gasteiger partial charge in [-0.3, -0.25) is 14.2 Å². The van der Waals surface area contributed by atoms with Crippen LogP contribution in [-0.2, 0) is 11.3 Å². The second kappa shape index (κ2) is 8.35. The van der Waals surface area contributed by atoms with Crippen molar-refractivity contribution >= 4 is 16.8 Å². The van der Waals surface area contributed by atoms with Gasteiger partial charge in [0, 0.05) is 6.54 Å². The van der Waals surface area contributed by atoms with Gasteiger partial charge in [-0.2, -0.15) is 0 Å². The molecule has 0 saturated carbocycles. The lowest BCUT2D eigenvalue weighted by Crippen LogP contribution is -2.39. The molecule has 0 bridgehead atoms. The summed E-state index contributed by atoms with van der Waals surface area (Å²) in [6.45, 7) is 2.86. The van der Waals surface area contributed by atoms with E-state index in [4.69, 9.17) is 0 Å². The Morgan fingerprint density at radius 2 is 1.75 bits per heavy atom. The Balaban J connectivity index is 1.51. The first-order chi connectivity index (χ1) is 13.7. The van der Waals surface area contributed by atoms with Gasteiger partial charge in [0.2, 0.25) is 5.91 Å². The number of para-hydroxylation sites is 1. The highest BCUT2D eigenvalue weighted by Gasteiger charge is 2.21. The lowest BCUT2D eigenvalue weighted by atomic mass is 10.1. The van der Waals surface area contributed by atoms with Crippen LogP contribution in [0.1, 0.15) is 24.4 Å². The van der Waals surface area contributed by atoms with Crippen molar-refractivity contribution in [2.75, 3.05) is 19.6 Å². The first-order valence-electron chi connectivity index (χ1n) is 9.71. The van der Waals surface area contributed by atoms with Gasteiger partial charge in [0.15, 0.2) is 0 Å². The Morgan fingerprint density at radius 3 is 2.54 bits per heavy atom. The zero-order valence-electron chi connectivity index (χ0n) is 15.8. The maximum Gasteiger partial charge on any atom is 0.261 e. The van der Waals surface area contributed by atoms with Crippen LogP contribution >= 0.6 is 0 Å². The SMILES string of the molecule is O=C(Cn1cnc2ccccc2c1=O)NC(CN1CCCC1)c1ccccc1. The molecule has 1 saturated heterocycles. The Morgan fingerprint density at radius 1 is 1.04 bits per heavy atom. The number of carbonyl (C=O) groups excluding carboxylic acids is 1. The third-order valence-electron chi connectivity index (χ3n) is 5.22. The van der Waals surface area contributed by atoms with Crippen molar-refractivity contribution < 1.29 is 4.79 Å². The maximum absolute atomic E-state index is 12.7. The monoisotopic (exact) mass is 376 g/mol. The molecule has 3 aromatic rings. The summed E-state index contributed by atoms with van der Waals surface area (Å²) in [7, 11) is 0. The van der Waals surface area contributed by atoms with Gasteiger partial charge in [0.05, 0.1) is 23.3 Å². The molecule has 6 heteroatoms. The summed E-state index contributed by atoms with van der Waals surface area (Å²) >= 11 is 0. The number of benzene rings is 2. The molecule has 6 nitrogen and oxygen atoms in total. The number of nitrogens with one attached hydrogen (secondary N) is 1. The molecule has 1 fully saturated rings. The van der Waals surface area contributed by atoms with Crippen LogP contribution in [0.15, 0.2) is 65.7 Å². The fourth-order valence-corrected chi connectivity index (χ4v) is 3.76. The molecule has 1 aliphatic heterocycles. The van der Waals surface area contributed by atoms with Gasteiger partial charge in [-0.05, 0) is 43.6 Å². The number of hydrogen-bond donors (Lipinski definition) is 1. The summed E-state index contributed by atoms with van der Waals surface area (Å²) in [5, 5.41) is 3.64. The molecule has 1 N–H and O–H groups in total. The van der Waals surface area contributed by atoms with Gasteiger partial charge in [-0.15, -0.1) is 0 Å². The highest BCUT2D eigenvalue weighted by molar-refractivity contribution is 5.79. The van der Waals surface area contributed by atoms with E-state index < -0.39 is 0 Å². The number of fused-ring (bicyclic) bond motifs is 1. The quantitative estimate of drug-likeness (QED) is 0.717. The van der Waals surface area contributed by atoms with Crippen LogP contribution in [0.25, 0.3) is 10.9 Å². The molecule has 0 radical (unpaired) electrons. The van der Waals surface area contributed by atoms with E-state index in [1.165, 1.54) is 23.7 Å². The zero-order chi connectivity index (χ0) is 19.3. The summed E-state index contributed by atoms with van der Waals surface area (Å²) in [5.41, 5.74) is 1.52. The molecule has 1 unspecified atom stereocenters. The molecule has 144 valence electrons. The lowest BCUT2D eigenvalue weighted by molar-refractivity contribution is -0.122. The van der Waals surface area contributed by atoms with E-state index in [0.29, 0.717) is 10.9 Å². The molecule has 2 aromatic carbocycles. The van der Waals surface area contributed by atoms with Crippen LogP contribution < -0.4 is 10.9 Å². The molecule has 0 aliphatic carbocycles. The van der Waals surface area contributed by atoms with Crippen molar-refractivity contribution in [3.05, 3.63) is 76.8 Å². The van der Waals surface area contributed by atoms with Crippen molar-refractivity contribution in [3.8, 4) is 0 Å². The van der Waals surface area contributed by atoms with E-state index in [2.05, 4.69) is 15.2 Å². The minimum Gasteiger partial charge on any atom is -0.346 e. The summed E-state index contributed by atoms with van der Waals surface area (Å²) in [6, 6.07) is 17.1. The summed E-state index contributed by atoms with van der Waals surface area (Å²) in [4.78, 5) is 32.0. The largest absolute Gasteiger partial charge is 0.346 e. The van der Waals surface area contributed by atoms with E-state index in [-0.39, 0.29) is 24.1 Å². The molecule has 0 spiro atoms. The second-order valence-corrected chi connectivity index (χ2v) is 7.23. The smallest absolute Gasteiger partial charge is 0.261 e. The summed E-state index contributed by atoms with van der Waals surface area (Å²) in [5.74, 6) is -0.188. The number of amides is 1. The fourth-order valence-electron chi connectivity index (χ4n) is 3.76. The predicted octanol–water partition coefficient (Wildman–Crippen LogP) is 2.35. The van der Waals surface area contributed by atoms with E-state index in [1.807, 2.05) is 36.4 Å². The van der Waals surface area contributed by atoms with E-state index >= 15 is 0 Å². The van der Waals surface area contributed by atoms with Crippen LogP contribution in [0, 0.1) is 0 Å². The maximum atomic E-state index is 12.7. The average Bonchev–Trinajstić information content (AvgIpc) is 3.24. The Kier molecular flexibility index (Phi) is 5.48.